The quantitative estimate of drug-likeness (QED) is 0.752. The Morgan fingerprint density at radius 1 is 1.07 bits per heavy atom. The molecule has 0 unspecified atom stereocenters. The van der Waals surface area contributed by atoms with Crippen LogP contribution in [0, 0.1) is 0 Å². The Labute approximate surface area is 85.0 Å². The van der Waals surface area contributed by atoms with E-state index in [1.54, 1.807) is 0 Å². The molecule has 1 fully saturated rings. The SMILES string of the molecule is O[C@H]1CCCC[C@H]1Nc1ccccc1. The van der Waals surface area contributed by atoms with Crippen LogP contribution in [-0.2, 0) is 0 Å². The van der Waals surface area contributed by atoms with Crippen LogP contribution in [0.5, 0.6) is 0 Å². The predicted octanol–water partition coefficient (Wildman–Crippen LogP) is 2.40. The van der Waals surface area contributed by atoms with Crippen molar-refractivity contribution in [3.8, 4) is 0 Å². The van der Waals surface area contributed by atoms with Crippen molar-refractivity contribution in [2.45, 2.75) is 37.8 Å². The molecule has 1 aliphatic carbocycles. The minimum Gasteiger partial charge on any atom is -0.391 e. The van der Waals surface area contributed by atoms with Crippen molar-refractivity contribution >= 4 is 5.69 Å². The second kappa shape index (κ2) is 4.47. The molecule has 2 atom stereocenters. The Morgan fingerprint density at radius 3 is 2.50 bits per heavy atom. The molecule has 14 heavy (non-hydrogen) atoms. The van der Waals surface area contributed by atoms with E-state index >= 15 is 0 Å². The van der Waals surface area contributed by atoms with Crippen LogP contribution >= 0.6 is 0 Å². The van der Waals surface area contributed by atoms with Crippen molar-refractivity contribution in [3.63, 3.8) is 0 Å². The summed E-state index contributed by atoms with van der Waals surface area (Å²) in [5, 5.41) is 13.1. The Balaban J connectivity index is 1.96. The van der Waals surface area contributed by atoms with E-state index in [4.69, 9.17) is 0 Å². The van der Waals surface area contributed by atoms with E-state index in [-0.39, 0.29) is 12.1 Å². The average molecular weight is 191 g/mol. The number of hydrogen-bond donors (Lipinski definition) is 2. The molecule has 2 N–H and O–H groups in total. The van der Waals surface area contributed by atoms with Gasteiger partial charge in [0.05, 0.1) is 12.1 Å². The number of aliphatic hydroxyl groups is 1. The topological polar surface area (TPSA) is 32.3 Å². The van der Waals surface area contributed by atoms with Gasteiger partial charge in [-0.05, 0) is 25.0 Å². The summed E-state index contributed by atoms with van der Waals surface area (Å²) in [6.45, 7) is 0. The lowest BCUT2D eigenvalue weighted by Crippen LogP contribution is -2.36. The highest BCUT2D eigenvalue weighted by Crippen LogP contribution is 2.21. The second-order valence-corrected chi connectivity index (χ2v) is 3.97. The van der Waals surface area contributed by atoms with Gasteiger partial charge < -0.3 is 10.4 Å². The molecule has 0 heterocycles. The smallest absolute Gasteiger partial charge is 0.0741 e. The fourth-order valence-corrected chi connectivity index (χ4v) is 2.03. The Kier molecular flexibility index (Phi) is 3.04. The van der Waals surface area contributed by atoms with Crippen LogP contribution in [-0.4, -0.2) is 17.3 Å². The zero-order chi connectivity index (χ0) is 9.80. The molecule has 2 rings (SSSR count). The first-order chi connectivity index (χ1) is 6.86. The van der Waals surface area contributed by atoms with E-state index < -0.39 is 0 Å². The maximum absolute atomic E-state index is 9.77. The van der Waals surface area contributed by atoms with E-state index in [0.29, 0.717) is 0 Å². The lowest BCUT2D eigenvalue weighted by molar-refractivity contribution is 0.116. The number of rotatable bonds is 2. The van der Waals surface area contributed by atoms with Crippen molar-refractivity contribution < 1.29 is 5.11 Å². The number of anilines is 1. The maximum atomic E-state index is 9.77. The van der Waals surface area contributed by atoms with Crippen LogP contribution in [0.4, 0.5) is 5.69 Å². The van der Waals surface area contributed by atoms with Crippen molar-refractivity contribution in [2.24, 2.45) is 0 Å². The summed E-state index contributed by atoms with van der Waals surface area (Å²) >= 11 is 0. The zero-order valence-corrected chi connectivity index (χ0v) is 8.32. The summed E-state index contributed by atoms with van der Waals surface area (Å²) < 4.78 is 0. The lowest BCUT2D eigenvalue weighted by Gasteiger charge is -2.29. The fraction of sp³-hybridized carbons (Fsp3) is 0.500. The third-order valence-electron chi connectivity index (χ3n) is 2.86. The zero-order valence-electron chi connectivity index (χ0n) is 8.32. The third-order valence-corrected chi connectivity index (χ3v) is 2.86. The van der Waals surface area contributed by atoms with Gasteiger partial charge >= 0.3 is 0 Å². The molecular formula is C12H17NO. The summed E-state index contributed by atoms with van der Waals surface area (Å²) in [7, 11) is 0. The molecule has 2 heteroatoms. The summed E-state index contributed by atoms with van der Waals surface area (Å²) in [5.41, 5.74) is 1.11. The van der Waals surface area contributed by atoms with Gasteiger partial charge in [-0.25, -0.2) is 0 Å². The maximum Gasteiger partial charge on any atom is 0.0741 e. The predicted molar refractivity (Wildman–Crippen MR) is 58.3 cm³/mol. The van der Waals surface area contributed by atoms with Gasteiger partial charge in [0.1, 0.15) is 0 Å². The Morgan fingerprint density at radius 2 is 1.79 bits per heavy atom. The highest BCUT2D eigenvalue weighted by Gasteiger charge is 2.22. The highest BCUT2D eigenvalue weighted by molar-refractivity contribution is 5.43. The molecular weight excluding hydrogens is 174 g/mol. The number of hydrogen-bond acceptors (Lipinski definition) is 2. The van der Waals surface area contributed by atoms with E-state index in [1.165, 1.54) is 6.42 Å². The fourth-order valence-electron chi connectivity index (χ4n) is 2.03. The van der Waals surface area contributed by atoms with Crippen LogP contribution in [0.3, 0.4) is 0 Å². The van der Waals surface area contributed by atoms with Gasteiger partial charge in [0.25, 0.3) is 0 Å². The van der Waals surface area contributed by atoms with Gasteiger partial charge in [-0.3, -0.25) is 0 Å². The second-order valence-electron chi connectivity index (χ2n) is 3.97. The van der Waals surface area contributed by atoms with Gasteiger partial charge in [-0.1, -0.05) is 31.0 Å². The normalized spacial score (nSPS) is 27.2. The van der Waals surface area contributed by atoms with Crippen LogP contribution in [0.15, 0.2) is 30.3 Å². The first kappa shape index (κ1) is 9.53. The van der Waals surface area contributed by atoms with Gasteiger partial charge in [0, 0.05) is 5.69 Å². The third kappa shape index (κ3) is 2.26. The number of aliphatic hydroxyl groups excluding tert-OH is 1. The molecule has 0 radical (unpaired) electrons. The average Bonchev–Trinajstić information content (AvgIpc) is 2.23. The van der Waals surface area contributed by atoms with Crippen molar-refractivity contribution in [1.82, 2.24) is 0 Å². The molecule has 0 aromatic heterocycles. The van der Waals surface area contributed by atoms with Crippen LogP contribution in [0.2, 0.25) is 0 Å². The first-order valence-electron chi connectivity index (χ1n) is 5.36. The molecule has 0 saturated heterocycles. The van der Waals surface area contributed by atoms with Gasteiger partial charge in [-0.2, -0.15) is 0 Å². The molecule has 0 bridgehead atoms. The van der Waals surface area contributed by atoms with E-state index in [9.17, 15) is 5.11 Å². The van der Waals surface area contributed by atoms with Crippen molar-refractivity contribution in [1.29, 1.82) is 0 Å². The molecule has 76 valence electrons. The molecule has 0 spiro atoms. The van der Waals surface area contributed by atoms with Crippen LogP contribution in [0.1, 0.15) is 25.7 Å². The minimum atomic E-state index is -0.177. The largest absolute Gasteiger partial charge is 0.391 e. The standard InChI is InChI=1S/C12H17NO/c14-12-9-5-4-8-11(12)13-10-6-2-1-3-7-10/h1-3,6-7,11-14H,4-5,8-9H2/t11-,12+/m1/s1. The summed E-state index contributed by atoms with van der Waals surface area (Å²) in [6.07, 6.45) is 4.22. The summed E-state index contributed by atoms with van der Waals surface area (Å²) in [6, 6.07) is 10.4. The number of nitrogens with one attached hydrogen (secondary N) is 1. The van der Waals surface area contributed by atoms with E-state index in [0.717, 1.165) is 24.9 Å². The summed E-state index contributed by atoms with van der Waals surface area (Å²) in [5.74, 6) is 0. The van der Waals surface area contributed by atoms with E-state index in [1.807, 2.05) is 30.3 Å². The highest BCUT2D eigenvalue weighted by atomic mass is 16.3. The Bertz CT molecular complexity index is 273. The van der Waals surface area contributed by atoms with Gasteiger partial charge in [-0.15, -0.1) is 0 Å². The molecule has 0 aliphatic heterocycles. The molecule has 2 nitrogen and oxygen atoms in total. The van der Waals surface area contributed by atoms with Gasteiger partial charge in [0.15, 0.2) is 0 Å². The number of para-hydroxylation sites is 1. The number of benzene rings is 1. The molecule has 1 aromatic rings. The molecule has 1 aliphatic rings. The van der Waals surface area contributed by atoms with E-state index in [2.05, 4.69) is 5.32 Å². The van der Waals surface area contributed by atoms with Crippen molar-refractivity contribution in [2.75, 3.05) is 5.32 Å². The first-order valence-corrected chi connectivity index (χ1v) is 5.36. The van der Waals surface area contributed by atoms with Gasteiger partial charge in [0.2, 0.25) is 0 Å². The minimum absolute atomic E-state index is 0.177. The van der Waals surface area contributed by atoms with Crippen molar-refractivity contribution in [3.05, 3.63) is 30.3 Å². The molecule has 1 aromatic carbocycles. The Hall–Kier alpha value is -1.02. The molecule has 1 saturated carbocycles. The van der Waals surface area contributed by atoms with Crippen LogP contribution in [0.25, 0.3) is 0 Å². The monoisotopic (exact) mass is 191 g/mol. The summed E-state index contributed by atoms with van der Waals surface area (Å²) in [4.78, 5) is 0. The lowest BCUT2D eigenvalue weighted by atomic mass is 9.92. The van der Waals surface area contributed by atoms with Crippen LogP contribution < -0.4 is 5.32 Å². The molecule has 0 amide bonds.